The maximum atomic E-state index is 6.16. The van der Waals surface area contributed by atoms with Crippen molar-refractivity contribution in [3.05, 3.63) is 28.0 Å². The molecule has 0 unspecified atom stereocenters. The van der Waals surface area contributed by atoms with Crippen molar-refractivity contribution >= 4 is 23.2 Å². The van der Waals surface area contributed by atoms with Gasteiger partial charge in [-0.2, -0.15) is 0 Å². The second kappa shape index (κ2) is 6.71. The molecule has 0 atom stereocenters. The van der Waals surface area contributed by atoms with Gasteiger partial charge in [-0.3, -0.25) is 4.90 Å². The first-order valence-corrected chi connectivity index (χ1v) is 6.96. The summed E-state index contributed by atoms with van der Waals surface area (Å²) in [7, 11) is 1.77. The predicted molar refractivity (Wildman–Crippen MR) is 74.1 cm³/mol. The maximum absolute atomic E-state index is 6.16. The van der Waals surface area contributed by atoms with E-state index in [4.69, 9.17) is 27.9 Å². The Morgan fingerprint density at radius 1 is 1.39 bits per heavy atom. The van der Waals surface area contributed by atoms with Gasteiger partial charge in [-0.05, 0) is 37.9 Å². The van der Waals surface area contributed by atoms with E-state index in [9.17, 15) is 0 Å². The zero-order valence-electron chi connectivity index (χ0n) is 10.5. The van der Waals surface area contributed by atoms with E-state index in [1.807, 2.05) is 0 Å². The van der Waals surface area contributed by atoms with Gasteiger partial charge in [0.2, 0.25) is 0 Å². The number of hydrogen-bond donors (Lipinski definition) is 0. The molecule has 0 spiro atoms. The van der Waals surface area contributed by atoms with E-state index in [0.29, 0.717) is 16.1 Å². The number of piperidine rings is 1. The summed E-state index contributed by atoms with van der Waals surface area (Å²) in [5.74, 6) is 0.699. The van der Waals surface area contributed by atoms with Crippen molar-refractivity contribution in [2.75, 3.05) is 26.8 Å². The quantitative estimate of drug-likeness (QED) is 0.796. The number of pyridine rings is 1. The molecular formula is C13H18Cl2N2O. The van der Waals surface area contributed by atoms with E-state index >= 15 is 0 Å². The first-order valence-electron chi connectivity index (χ1n) is 6.20. The largest absolute Gasteiger partial charge is 0.384 e. The first-order chi connectivity index (χ1) is 8.69. The summed E-state index contributed by atoms with van der Waals surface area (Å²) >= 11 is 11.9. The average Bonchev–Trinajstić information content (AvgIpc) is 2.35. The summed E-state index contributed by atoms with van der Waals surface area (Å²) in [4.78, 5) is 6.49. The molecule has 18 heavy (non-hydrogen) atoms. The molecule has 2 rings (SSSR count). The number of ether oxygens (including phenoxy) is 1. The average molecular weight is 289 g/mol. The van der Waals surface area contributed by atoms with Crippen LogP contribution in [0.1, 0.15) is 18.4 Å². The van der Waals surface area contributed by atoms with Crippen LogP contribution in [0.15, 0.2) is 12.3 Å². The molecule has 0 bridgehead atoms. The van der Waals surface area contributed by atoms with Gasteiger partial charge in [0.15, 0.2) is 0 Å². The highest BCUT2D eigenvalue weighted by atomic mass is 35.5. The second-order valence-corrected chi connectivity index (χ2v) is 5.57. The molecule has 100 valence electrons. The fourth-order valence-corrected chi connectivity index (χ4v) is 2.77. The highest BCUT2D eigenvalue weighted by molar-refractivity contribution is 6.34. The Bertz CT molecular complexity index is 393. The van der Waals surface area contributed by atoms with Crippen molar-refractivity contribution in [3.63, 3.8) is 0 Å². The lowest BCUT2D eigenvalue weighted by atomic mass is 9.97. The molecule has 1 aromatic rings. The Morgan fingerprint density at radius 3 is 2.72 bits per heavy atom. The topological polar surface area (TPSA) is 25.4 Å². The summed E-state index contributed by atoms with van der Waals surface area (Å²) in [6.45, 7) is 3.90. The van der Waals surface area contributed by atoms with Crippen LogP contribution in [0, 0.1) is 5.92 Å². The fourth-order valence-electron chi connectivity index (χ4n) is 2.34. The minimum absolute atomic E-state index is 0.447. The summed E-state index contributed by atoms with van der Waals surface area (Å²) in [5, 5.41) is 1.15. The Kier molecular flexibility index (Phi) is 5.25. The van der Waals surface area contributed by atoms with Crippen LogP contribution in [-0.4, -0.2) is 36.7 Å². The smallest absolute Gasteiger partial charge is 0.130 e. The SMILES string of the molecule is COCC1CCN(Cc2cnc(Cl)cc2Cl)CC1. The van der Waals surface area contributed by atoms with Crippen LogP contribution in [0.3, 0.4) is 0 Å². The number of likely N-dealkylation sites (tertiary alicyclic amines) is 1. The number of rotatable bonds is 4. The molecule has 1 saturated heterocycles. The van der Waals surface area contributed by atoms with E-state index in [1.54, 1.807) is 19.4 Å². The molecule has 0 N–H and O–H groups in total. The lowest BCUT2D eigenvalue weighted by Crippen LogP contribution is -2.34. The van der Waals surface area contributed by atoms with Gasteiger partial charge in [-0.25, -0.2) is 4.98 Å². The van der Waals surface area contributed by atoms with Crippen molar-refractivity contribution in [2.24, 2.45) is 5.92 Å². The number of halogens is 2. The number of methoxy groups -OCH3 is 1. The molecule has 5 heteroatoms. The first kappa shape index (κ1) is 14.1. The zero-order chi connectivity index (χ0) is 13.0. The monoisotopic (exact) mass is 288 g/mol. The molecule has 0 aromatic carbocycles. The number of hydrogen-bond acceptors (Lipinski definition) is 3. The molecule has 3 nitrogen and oxygen atoms in total. The van der Waals surface area contributed by atoms with E-state index in [-0.39, 0.29) is 0 Å². The third-order valence-electron chi connectivity index (χ3n) is 3.40. The fraction of sp³-hybridized carbons (Fsp3) is 0.615. The lowest BCUT2D eigenvalue weighted by molar-refractivity contribution is 0.0968. The van der Waals surface area contributed by atoms with Gasteiger partial charge in [0.1, 0.15) is 5.15 Å². The van der Waals surface area contributed by atoms with Gasteiger partial charge in [0.25, 0.3) is 0 Å². The highest BCUT2D eigenvalue weighted by Gasteiger charge is 2.19. The van der Waals surface area contributed by atoms with Crippen LogP contribution in [0.4, 0.5) is 0 Å². The molecule has 0 saturated carbocycles. The molecule has 1 aliphatic heterocycles. The standard InChI is InChI=1S/C13H18Cl2N2O/c1-18-9-10-2-4-17(5-3-10)8-11-7-16-13(15)6-12(11)14/h6-7,10H,2-5,8-9H2,1H3. The molecule has 1 aromatic heterocycles. The van der Waals surface area contributed by atoms with Crippen molar-refractivity contribution in [3.8, 4) is 0 Å². The van der Waals surface area contributed by atoms with Crippen molar-refractivity contribution in [1.29, 1.82) is 0 Å². The van der Waals surface area contributed by atoms with E-state index in [1.165, 1.54) is 12.8 Å². The van der Waals surface area contributed by atoms with Gasteiger partial charge in [0, 0.05) is 37.0 Å². The Morgan fingerprint density at radius 2 is 2.11 bits per heavy atom. The molecule has 1 aliphatic rings. The van der Waals surface area contributed by atoms with Gasteiger partial charge in [-0.15, -0.1) is 0 Å². The van der Waals surface area contributed by atoms with Crippen LogP contribution < -0.4 is 0 Å². The van der Waals surface area contributed by atoms with Crippen LogP contribution in [0.2, 0.25) is 10.2 Å². The zero-order valence-corrected chi connectivity index (χ0v) is 12.0. The predicted octanol–water partition coefficient (Wildman–Crippen LogP) is 3.25. The summed E-state index contributed by atoms with van der Waals surface area (Å²) in [6.07, 6.45) is 4.14. The Labute approximate surface area is 118 Å². The van der Waals surface area contributed by atoms with Crippen LogP contribution in [0.5, 0.6) is 0 Å². The van der Waals surface area contributed by atoms with Gasteiger partial charge in [0.05, 0.1) is 0 Å². The minimum atomic E-state index is 0.447. The number of aromatic nitrogens is 1. The van der Waals surface area contributed by atoms with Crippen molar-refractivity contribution < 1.29 is 4.74 Å². The Hall–Kier alpha value is -0.350. The van der Waals surface area contributed by atoms with Gasteiger partial charge >= 0.3 is 0 Å². The summed E-state index contributed by atoms with van der Waals surface area (Å²) in [5.41, 5.74) is 1.05. The van der Waals surface area contributed by atoms with Crippen LogP contribution >= 0.6 is 23.2 Å². The maximum Gasteiger partial charge on any atom is 0.130 e. The van der Waals surface area contributed by atoms with Gasteiger partial charge < -0.3 is 4.74 Å². The molecule has 0 amide bonds. The van der Waals surface area contributed by atoms with Crippen molar-refractivity contribution in [1.82, 2.24) is 9.88 Å². The number of nitrogens with zero attached hydrogens (tertiary/aromatic N) is 2. The molecular weight excluding hydrogens is 271 g/mol. The minimum Gasteiger partial charge on any atom is -0.384 e. The van der Waals surface area contributed by atoms with Crippen LogP contribution in [-0.2, 0) is 11.3 Å². The third-order valence-corrected chi connectivity index (χ3v) is 3.96. The lowest BCUT2D eigenvalue weighted by Gasteiger charge is -2.31. The molecule has 2 heterocycles. The molecule has 0 aliphatic carbocycles. The Balaban J connectivity index is 1.87. The normalized spacial score (nSPS) is 18.2. The summed E-state index contributed by atoms with van der Waals surface area (Å²) in [6, 6.07) is 1.70. The van der Waals surface area contributed by atoms with E-state index in [0.717, 1.165) is 31.8 Å². The van der Waals surface area contributed by atoms with Gasteiger partial charge in [-0.1, -0.05) is 23.2 Å². The molecule has 0 radical (unpaired) electrons. The third kappa shape index (κ3) is 3.82. The van der Waals surface area contributed by atoms with Crippen LogP contribution in [0.25, 0.3) is 0 Å². The molecule has 1 fully saturated rings. The second-order valence-electron chi connectivity index (χ2n) is 4.77. The highest BCUT2D eigenvalue weighted by Crippen LogP contribution is 2.23. The van der Waals surface area contributed by atoms with Crippen molar-refractivity contribution in [2.45, 2.75) is 19.4 Å². The van der Waals surface area contributed by atoms with E-state index in [2.05, 4.69) is 9.88 Å². The van der Waals surface area contributed by atoms with E-state index < -0.39 is 0 Å². The summed E-state index contributed by atoms with van der Waals surface area (Å²) < 4.78 is 5.20.